The maximum absolute atomic E-state index is 11.4. The van der Waals surface area contributed by atoms with E-state index in [1.807, 2.05) is 41.2 Å². The maximum atomic E-state index is 11.4. The van der Waals surface area contributed by atoms with Gasteiger partial charge in [0.1, 0.15) is 5.69 Å². The monoisotopic (exact) mass is 309 g/mol. The van der Waals surface area contributed by atoms with E-state index >= 15 is 0 Å². The number of nitrogens with zero attached hydrogens (tertiary/aromatic N) is 5. The summed E-state index contributed by atoms with van der Waals surface area (Å²) in [6, 6.07) is 10.1. The lowest BCUT2D eigenvalue weighted by molar-refractivity contribution is 0.687. The van der Waals surface area contributed by atoms with E-state index in [9.17, 15) is 4.79 Å². The molecule has 0 radical (unpaired) electrons. The third-order valence-corrected chi connectivity index (χ3v) is 3.09. The van der Waals surface area contributed by atoms with Crippen LogP contribution in [0.25, 0.3) is 0 Å². The lowest BCUT2D eigenvalue weighted by Gasteiger charge is -2.00. The van der Waals surface area contributed by atoms with Crippen molar-refractivity contribution in [1.82, 2.24) is 25.0 Å². The van der Waals surface area contributed by atoms with Gasteiger partial charge >= 0.3 is 0 Å². The number of benzene rings is 1. The fourth-order valence-corrected chi connectivity index (χ4v) is 1.91. The molecule has 0 aliphatic heterocycles. The first-order chi connectivity index (χ1) is 11.2. The lowest BCUT2D eigenvalue weighted by atomic mass is 10.2. The second kappa shape index (κ2) is 6.65. The molecule has 23 heavy (non-hydrogen) atoms. The van der Waals surface area contributed by atoms with Crippen molar-refractivity contribution in [2.24, 2.45) is 5.10 Å². The minimum Gasteiger partial charge on any atom is -0.288 e. The Morgan fingerprint density at radius 2 is 2.13 bits per heavy atom. The maximum Gasteiger partial charge on any atom is 0.274 e. The molecule has 8 nitrogen and oxygen atoms in total. The predicted octanol–water partition coefficient (Wildman–Crippen LogP) is 1.16. The van der Waals surface area contributed by atoms with Gasteiger partial charge in [0.15, 0.2) is 0 Å². The van der Waals surface area contributed by atoms with Crippen LogP contribution in [0.3, 0.4) is 0 Å². The van der Waals surface area contributed by atoms with Crippen LogP contribution < -0.4 is 11.0 Å². The zero-order chi connectivity index (χ0) is 16.1. The van der Waals surface area contributed by atoms with E-state index in [1.165, 1.54) is 5.56 Å². The smallest absolute Gasteiger partial charge is 0.274 e. The Balaban J connectivity index is 1.62. The summed E-state index contributed by atoms with van der Waals surface area (Å²) >= 11 is 0. The molecule has 0 saturated carbocycles. The van der Waals surface area contributed by atoms with Crippen LogP contribution >= 0.6 is 0 Å². The minimum absolute atomic E-state index is 0.188. The number of nitrogens with one attached hydrogen (secondary N) is 2. The van der Waals surface area contributed by atoms with E-state index in [-0.39, 0.29) is 11.5 Å². The third kappa shape index (κ3) is 3.88. The highest BCUT2D eigenvalue weighted by Crippen LogP contribution is 2.03. The van der Waals surface area contributed by atoms with Crippen LogP contribution in [-0.4, -0.2) is 31.2 Å². The molecule has 2 heterocycles. The lowest BCUT2D eigenvalue weighted by Crippen LogP contribution is -2.15. The summed E-state index contributed by atoms with van der Waals surface area (Å²) in [7, 11) is 0. The molecule has 0 aliphatic carbocycles. The summed E-state index contributed by atoms with van der Waals surface area (Å²) in [4.78, 5) is 13.9. The quantitative estimate of drug-likeness (QED) is 0.544. The van der Waals surface area contributed by atoms with Gasteiger partial charge in [-0.05, 0) is 12.5 Å². The summed E-state index contributed by atoms with van der Waals surface area (Å²) in [5.74, 6) is 0.188. The number of rotatable bonds is 5. The molecule has 0 fully saturated rings. The summed E-state index contributed by atoms with van der Waals surface area (Å²) in [5.41, 5.74) is 4.63. The third-order valence-electron chi connectivity index (χ3n) is 3.09. The number of hydrogen-bond donors (Lipinski definition) is 2. The number of hydrazone groups is 1. The molecule has 3 rings (SSSR count). The van der Waals surface area contributed by atoms with Gasteiger partial charge in [-0.15, -0.1) is 10.2 Å². The molecule has 0 aliphatic rings. The van der Waals surface area contributed by atoms with Gasteiger partial charge in [-0.1, -0.05) is 30.3 Å². The highest BCUT2D eigenvalue weighted by atomic mass is 16.1. The first-order valence-corrected chi connectivity index (χ1v) is 7.00. The summed E-state index contributed by atoms with van der Waals surface area (Å²) in [5, 5.41) is 15.8. The number of aromatic nitrogens is 5. The molecule has 0 spiro atoms. The van der Waals surface area contributed by atoms with Gasteiger partial charge in [0.2, 0.25) is 5.95 Å². The molecule has 1 aromatic carbocycles. The fourth-order valence-electron chi connectivity index (χ4n) is 1.91. The van der Waals surface area contributed by atoms with Crippen molar-refractivity contribution < 1.29 is 0 Å². The topological polar surface area (TPSA) is 101 Å². The van der Waals surface area contributed by atoms with Crippen molar-refractivity contribution in [3.05, 3.63) is 69.9 Å². The van der Waals surface area contributed by atoms with Gasteiger partial charge < -0.3 is 0 Å². The number of H-pyrrole nitrogens is 1. The van der Waals surface area contributed by atoms with Crippen molar-refractivity contribution in [3.8, 4) is 0 Å². The molecule has 2 aromatic heterocycles. The molecule has 8 heteroatoms. The van der Waals surface area contributed by atoms with Gasteiger partial charge in [0.05, 0.1) is 19.0 Å². The first-order valence-electron chi connectivity index (χ1n) is 7.00. The average molecular weight is 309 g/mol. The van der Waals surface area contributed by atoms with E-state index in [1.54, 1.807) is 19.3 Å². The minimum atomic E-state index is -0.298. The van der Waals surface area contributed by atoms with Gasteiger partial charge in [-0.2, -0.15) is 10.2 Å². The number of hydrogen-bond acceptors (Lipinski definition) is 6. The molecule has 0 saturated heterocycles. The van der Waals surface area contributed by atoms with Crippen molar-refractivity contribution >= 4 is 12.2 Å². The van der Waals surface area contributed by atoms with E-state index in [2.05, 4.69) is 30.8 Å². The SMILES string of the molecule is Cc1nnc(N/N=C\c2cnn(Cc3ccccc3)c2)[nH]c1=O. The second-order valence-corrected chi connectivity index (χ2v) is 4.91. The molecule has 0 bridgehead atoms. The average Bonchev–Trinajstić information content (AvgIpc) is 2.99. The first kappa shape index (κ1) is 14.6. The van der Waals surface area contributed by atoms with Crippen LogP contribution in [0.1, 0.15) is 16.8 Å². The Morgan fingerprint density at radius 1 is 1.30 bits per heavy atom. The molecule has 0 amide bonds. The molecule has 0 atom stereocenters. The van der Waals surface area contributed by atoms with E-state index in [0.29, 0.717) is 12.2 Å². The van der Waals surface area contributed by atoms with Crippen LogP contribution in [0.15, 0.2) is 52.6 Å². The number of anilines is 1. The van der Waals surface area contributed by atoms with E-state index in [4.69, 9.17) is 0 Å². The van der Waals surface area contributed by atoms with Gasteiger partial charge in [-0.25, -0.2) is 5.43 Å². The van der Waals surface area contributed by atoms with E-state index in [0.717, 1.165) is 5.56 Å². The molecule has 116 valence electrons. The molecule has 0 unspecified atom stereocenters. The van der Waals surface area contributed by atoms with Crippen LogP contribution in [0.4, 0.5) is 5.95 Å². The van der Waals surface area contributed by atoms with Crippen LogP contribution in [0.5, 0.6) is 0 Å². The molecule has 3 aromatic rings. The Bertz CT molecular complexity index is 867. The van der Waals surface area contributed by atoms with Crippen LogP contribution in [-0.2, 0) is 6.54 Å². The van der Waals surface area contributed by atoms with E-state index < -0.39 is 0 Å². The van der Waals surface area contributed by atoms with Crippen molar-refractivity contribution in [3.63, 3.8) is 0 Å². The Labute approximate surface area is 131 Å². The molecular weight excluding hydrogens is 294 g/mol. The van der Waals surface area contributed by atoms with Crippen molar-refractivity contribution in [1.29, 1.82) is 0 Å². The highest BCUT2D eigenvalue weighted by molar-refractivity contribution is 5.79. The van der Waals surface area contributed by atoms with Gasteiger partial charge in [0, 0.05) is 11.8 Å². The van der Waals surface area contributed by atoms with Crippen molar-refractivity contribution in [2.75, 3.05) is 5.43 Å². The zero-order valence-corrected chi connectivity index (χ0v) is 12.5. The van der Waals surface area contributed by atoms with Gasteiger partial charge in [-0.3, -0.25) is 14.5 Å². The Kier molecular flexibility index (Phi) is 4.23. The number of aromatic amines is 1. The largest absolute Gasteiger partial charge is 0.288 e. The van der Waals surface area contributed by atoms with Crippen molar-refractivity contribution in [2.45, 2.75) is 13.5 Å². The summed E-state index contributed by atoms with van der Waals surface area (Å²) in [6.45, 7) is 2.28. The summed E-state index contributed by atoms with van der Waals surface area (Å²) < 4.78 is 1.82. The summed E-state index contributed by atoms with van der Waals surface area (Å²) in [6.07, 6.45) is 5.17. The second-order valence-electron chi connectivity index (χ2n) is 4.91. The normalized spacial score (nSPS) is 11.0. The molecular formula is C15H15N7O. The predicted molar refractivity (Wildman–Crippen MR) is 86.4 cm³/mol. The van der Waals surface area contributed by atoms with Crippen LogP contribution in [0.2, 0.25) is 0 Å². The Morgan fingerprint density at radius 3 is 2.91 bits per heavy atom. The number of aryl methyl sites for hydroxylation is 1. The van der Waals surface area contributed by atoms with Crippen LogP contribution in [0, 0.1) is 6.92 Å². The fraction of sp³-hybridized carbons (Fsp3) is 0.133. The highest BCUT2D eigenvalue weighted by Gasteiger charge is 1.99. The Hall–Kier alpha value is -3.29. The van der Waals surface area contributed by atoms with Gasteiger partial charge in [0.25, 0.3) is 5.56 Å². The standard InChI is InChI=1S/C15H15N7O/c1-11-14(23)18-15(21-19-11)20-16-7-13-8-17-22(10-13)9-12-5-3-2-4-6-12/h2-8,10H,9H2,1H3,(H2,18,20,21,23)/b16-7-. The molecule has 2 N–H and O–H groups in total. The zero-order valence-electron chi connectivity index (χ0n) is 12.5.